The number of quaternary nitrogens is 1. The predicted octanol–water partition coefficient (Wildman–Crippen LogP) is 0.890. The molecule has 6 nitrogen and oxygen atoms in total. The second-order valence-corrected chi connectivity index (χ2v) is 7.64. The third-order valence-corrected chi connectivity index (χ3v) is 5.98. The van der Waals surface area contributed by atoms with Gasteiger partial charge in [-0.25, -0.2) is 9.97 Å². The number of nitrogens with one attached hydrogen (secondary N) is 1. The number of fused-ring (bicyclic) bond motifs is 3. The molecule has 0 saturated heterocycles. The number of thioether (sulfide) groups is 1. The zero-order valence-corrected chi connectivity index (χ0v) is 15.0. The van der Waals surface area contributed by atoms with Crippen molar-refractivity contribution < 1.29 is 14.4 Å². The third-order valence-electron chi connectivity index (χ3n) is 4.03. The molecular weight excluding hydrogens is 332 g/mol. The summed E-state index contributed by atoms with van der Waals surface area (Å²) in [6.07, 6.45) is 2.23. The number of methoxy groups -OCH3 is 1. The Morgan fingerprint density at radius 1 is 1.48 bits per heavy atom. The first-order chi connectivity index (χ1) is 11.1. The number of nitrogen functional groups attached to an aromatic ring is 1. The molecule has 23 heavy (non-hydrogen) atoms. The summed E-state index contributed by atoms with van der Waals surface area (Å²) in [6, 6.07) is 0. The van der Waals surface area contributed by atoms with Crippen LogP contribution in [0.4, 0.5) is 5.82 Å². The van der Waals surface area contributed by atoms with Crippen LogP contribution >= 0.6 is 23.1 Å². The number of rotatable bonds is 5. The van der Waals surface area contributed by atoms with Crippen molar-refractivity contribution in [3.8, 4) is 0 Å². The molecule has 0 saturated carbocycles. The molecule has 1 aliphatic heterocycles. The molecule has 0 fully saturated rings. The Balaban J connectivity index is 1.88. The number of nitrogens with two attached hydrogens (primary N) is 1. The van der Waals surface area contributed by atoms with Crippen molar-refractivity contribution in [2.24, 2.45) is 0 Å². The topological polar surface area (TPSA) is 82.5 Å². The van der Waals surface area contributed by atoms with E-state index in [1.54, 1.807) is 16.2 Å². The van der Waals surface area contributed by atoms with E-state index in [4.69, 9.17) is 5.73 Å². The zero-order chi connectivity index (χ0) is 16.4. The molecule has 3 N–H and O–H groups in total. The Morgan fingerprint density at radius 3 is 3.04 bits per heavy atom. The van der Waals surface area contributed by atoms with Gasteiger partial charge in [0.15, 0.2) is 5.16 Å². The van der Waals surface area contributed by atoms with Gasteiger partial charge in [0.05, 0.1) is 36.2 Å². The maximum atomic E-state index is 11.3. The third kappa shape index (κ3) is 3.44. The summed E-state index contributed by atoms with van der Waals surface area (Å²) in [5.74, 6) is 0.432. The van der Waals surface area contributed by atoms with Crippen molar-refractivity contribution >= 4 is 45.1 Å². The van der Waals surface area contributed by atoms with E-state index in [2.05, 4.69) is 21.6 Å². The van der Waals surface area contributed by atoms with Crippen LogP contribution in [0, 0.1) is 0 Å². The van der Waals surface area contributed by atoms with Crippen LogP contribution in [-0.4, -0.2) is 41.9 Å². The Labute approximate surface area is 143 Å². The second-order valence-electron chi connectivity index (χ2n) is 5.62. The van der Waals surface area contributed by atoms with Gasteiger partial charge in [-0.1, -0.05) is 18.7 Å². The lowest BCUT2D eigenvalue weighted by molar-refractivity contribution is -0.915. The molecular formula is C15H21N4O2S2+. The molecule has 0 aromatic carbocycles. The van der Waals surface area contributed by atoms with E-state index < -0.39 is 0 Å². The van der Waals surface area contributed by atoms with Gasteiger partial charge in [-0.3, -0.25) is 4.79 Å². The molecule has 0 amide bonds. The summed E-state index contributed by atoms with van der Waals surface area (Å²) in [6.45, 7) is 5.62. The van der Waals surface area contributed by atoms with E-state index in [-0.39, 0.29) is 11.7 Å². The first-order valence-electron chi connectivity index (χ1n) is 7.73. The number of aromatic nitrogens is 2. The van der Waals surface area contributed by atoms with Gasteiger partial charge in [-0.05, 0) is 12.0 Å². The summed E-state index contributed by atoms with van der Waals surface area (Å²) in [5.41, 5.74) is 7.50. The van der Waals surface area contributed by atoms with E-state index in [1.165, 1.54) is 42.3 Å². The minimum absolute atomic E-state index is 0.195. The van der Waals surface area contributed by atoms with Crippen molar-refractivity contribution in [3.63, 3.8) is 0 Å². The van der Waals surface area contributed by atoms with Crippen LogP contribution in [0.25, 0.3) is 10.2 Å². The number of carbonyl (C=O) groups excluding carboxylic acids is 1. The number of hydrogen-bond donors (Lipinski definition) is 2. The fraction of sp³-hybridized carbons (Fsp3) is 0.533. The van der Waals surface area contributed by atoms with E-state index >= 15 is 0 Å². The first-order valence-corrected chi connectivity index (χ1v) is 9.53. The van der Waals surface area contributed by atoms with Gasteiger partial charge in [-0.15, -0.1) is 11.3 Å². The van der Waals surface area contributed by atoms with Gasteiger partial charge >= 0.3 is 5.97 Å². The van der Waals surface area contributed by atoms with Crippen LogP contribution in [0.5, 0.6) is 0 Å². The van der Waals surface area contributed by atoms with Gasteiger partial charge < -0.3 is 15.4 Å². The van der Waals surface area contributed by atoms with E-state index in [1.807, 2.05) is 0 Å². The molecule has 3 heterocycles. The van der Waals surface area contributed by atoms with Crippen LogP contribution in [0.15, 0.2) is 5.16 Å². The first kappa shape index (κ1) is 16.5. The number of esters is 1. The number of hydrogen-bond acceptors (Lipinski definition) is 7. The Kier molecular flexibility index (Phi) is 5.03. The van der Waals surface area contributed by atoms with Gasteiger partial charge in [0, 0.05) is 6.42 Å². The van der Waals surface area contributed by atoms with Crippen molar-refractivity contribution in [2.75, 3.05) is 31.7 Å². The molecule has 0 aliphatic carbocycles. The lowest BCUT2D eigenvalue weighted by Gasteiger charge is -2.23. The number of ether oxygens (including phenoxy) is 1. The Morgan fingerprint density at radius 2 is 2.30 bits per heavy atom. The van der Waals surface area contributed by atoms with Crippen molar-refractivity contribution in [3.05, 3.63) is 10.4 Å². The summed E-state index contributed by atoms with van der Waals surface area (Å²) in [4.78, 5) is 24.2. The van der Waals surface area contributed by atoms with Gasteiger partial charge in [0.2, 0.25) is 0 Å². The highest BCUT2D eigenvalue weighted by Gasteiger charge is 2.25. The smallest absolute Gasteiger partial charge is 0.316 e. The van der Waals surface area contributed by atoms with Crippen LogP contribution < -0.4 is 10.6 Å². The molecule has 2 aromatic heterocycles. The number of nitrogens with zero attached hydrogens (tertiary/aromatic N) is 2. The van der Waals surface area contributed by atoms with Crippen LogP contribution in [0.1, 0.15) is 23.8 Å². The average Bonchev–Trinajstić information content (AvgIpc) is 2.90. The predicted molar refractivity (Wildman–Crippen MR) is 93.0 cm³/mol. The maximum absolute atomic E-state index is 11.3. The number of thiophene rings is 1. The normalized spacial score (nSPS) is 17.2. The summed E-state index contributed by atoms with van der Waals surface area (Å²) in [7, 11) is 1.37. The lowest BCUT2D eigenvalue weighted by Crippen LogP contribution is -3.11. The Bertz CT molecular complexity index is 732. The molecule has 1 unspecified atom stereocenters. The maximum Gasteiger partial charge on any atom is 0.316 e. The summed E-state index contributed by atoms with van der Waals surface area (Å²) < 4.78 is 4.64. The fourth-order valence-electron chi connectivity index (χ4n) is 2.95. The fourth-order valence-corrected chi connectivity index (χ4v) is 4.99. The molecule has 0 radical (unpaired) electrons. The molecule has 124 valence electrons. The molecule has 8 heteroatoms. The SMILES string of the molecule is CCC[NH+]1CCc2c(sc3nc(SCC(=O)OC)nc(N)c23)C1. The van der Waals surface area contributed by atoms with Gasteiger partial charge in [0.1, 0.15) is 17.2 Å². The quantitative estimate of drug-likeness (QED) is 0.472. The molecule has 3 rings (SSSR count). The molecule has 0 spiro atoms. The number of carbonyl (C=O) groups is 1. The highest BCUT2D eigenvalue weighted by molar-refractivity contribution is 7.99. The minimum Gasteiger partial charge on any atom is -0.468 e. The standard InChI is InChI=1S/C15H20N4O2S2/c1-3-5-19-6-4-9-10(7-19)23-14-12(9)13(16)17-15(18-14)22-8-11(20)21-2/h3-8H2,1-2H3,(H2,16,17,18)/p+1. The van der Waals surface area contributed by atoms with Crippen molar-refractivity contribution in [2.45, 2.75) is 31.5 Å². The average molecular weight is 353 g/mol. The van der Waals surface area contributed by atoms with Crippen molar-refractivity contribution in [1.82, 2.24) is 9.97 Å². The van der Waals surface area contributed by atoms with Crippen LogP contribution in [-0.2, 0) is 22.5 Å². The van der Waals surface area contributed by atoms with Crippen LogP contribution in [0.3, 0.4) is 0 Å². The largest absolute Gasteiger partial charge is 0.468 e. The van der Waals surface area contributed by atoms with E-state index in [9.17, 15) is 4.79 Å². The number of anilines is 1. The lowest BCUT2D eigenvalue weighted by atomic mass is 10.1. The Hall–Kier alpha value is -1.38. The molecule has 2 aromatic rings. The summed E-state index contributed by atoms with van der Waals surface area (Å²) >= 11 is 2.98. The molecule has 0 bridgehead atoms. The highest BCUT2D eigenvalue weighted by atomic mass is 32.2. The monoisotopic (exact) mass is 353 g/mol. The zero-order valence-electron chi connectivity index (χ0n) is 13.3. The van der Waals surface area contributed by atoms with Gasteiger partial charge in [0.25, 0.3) is 0 Å². The second kappa shape index (κ2) is 7.02. The molecule has 1 aliphatic rings. The highest BCUT2D eigenvalue weighted by Crippen LogP contribution is 2.35. The summed E-state index contributed by atoms with van der Waals surface area (Å²) in [5, 5.41) is 1.56. The molecule has 1 atom stereocenters. The van der Waals surface area contributed by atoms with E-state index in [0.717, 1.165) is 29.7 Å². The van der Waals surface area contributed by atoms with Gasteiger partial charge in [-0.2, -0.15) is 0 Å². The minimum atomic E-state index is -0.290. The van der Waals surface area contributed by atoms with Crippen LogP contribution in [0.2, 0.25) is 0 Å². The van der Waals surface area contributed by atoms with E-state index in [0.29, 0.717) is 11.0 Å². The van der Waals surface area contributed by atoms with Crippen molar-refractivity contribution in [1.29, 1.82) is 0 Å².